The zero-order valence-corrected chi connectivity index (χ0v) is 10.3. The third kappa shape index (κ3) is 2.02. The average molecular weight is 240 g/mol. The first-order valence-electron chi connectivity index (χ1n) is 5.53. The van der Waals surface area contributed by atoms with Gasteiger partial charge in [0.2, 0.25) is 5.91 Å². The second-order valence-corrected chi connectivity index (χ2v) is 4.79. The molecule has 1 atom stereocenters. The van der Waals surface area contributed by atoms with Crippen LogP contribution in [0, 0.1) is 4.77 Å². The van der Waals surface area contributed by atoms with Crippen molar-refractivity contribution >= 4 is 18.1 Å². The summed E-state index contributed by atoms with van der Waals surface area (Å²) >= 11 is 5.23. The molecule has 1 aliphatic rings. The highest BCUT2D eigenvalue weighted by atomic mass is 32.1. The Balaban J connectivity index is 2.29. The molecule has 1 aliphatic heterocycles. The number of nitrogens with one attached hydrogen (secondary N) is 2. The van der Waals surface area contributed by atoms with E-state index in [-0.39, 0.29) is 11.9 Å². The van der Waals surface area contributed by atoms with Crippen LogP contribution in [0.2, 0.25) is 0 Å². The minimum atomic E-state index is 0.123. The third-order valence-electron chi connectivity index (χ3n) is 2.85. The van der Waals surface area contributed by atoms with Crippen molar-refractivity contribution in [2.45, 2.75) is 38.6 Å². The van der Waals surface area contributed by atoms with Gasteiger partial charge in [-0.1, -0.05) is 13.8 Å². The maximum absolute atomic E-state index is 11.1. The molecule has 1 aromatic rings. The second kappa shape index (κ2) is 4.37. The summed E-state index contributed by atoms with van der Waals surface area (Å²) in [6.07, 6.45) is 1.40. The first-order valence-corrected chi connectivity index (χ1v) is 5.94. The van der Waals surface area contributed by atoms with E-state index in [1.54, 1.807) is 0 Å². The summed E-state index contributed by atoms with van der Waals surface area (Å²) in [4.78, 5) is 11.1. The van der Waals surface area contributed by atoms with Crippen molar-refractivity contribution < 1.29 is 4.79 Å². The molecule has 1 amide bonds. The molecule has 0 spiro atoms. The quantitative estimate of drug-likeness (QED) is 0.770. The monoisotopic (exact) mass is 240 g/mol. The van der Waals surface area contributed by atoms with Crippen LogP contribution >= 0.6 is 12.2 Å². The predicted octanol–water partition coefficient (Wildman–Crippen LogP) is 1.52. The van der Waals surface area contributed by atoms with Gasteiger partial charge in [0.05, 0.1) is 6.04 Å². The average Bonchev–Trinajstić information content (AvgIpc) is 2.62. The van der Waals surface area contributed by atoms with E-state index in [4.69, 9.17) is 12.2 Å². The summed E-state index contributed by atoms with van der Waals surface area (Å²) in [7, 11) is 0. The number of H-pyrrole nitrogens is 1. The Kier molecular flexibility index (Phi) is 3.09. The summed E-state index contributed by atoms with van der Waals surface area (Å²) < 4.78 is 2.68. The highest BCUT2D eigenvalue weighted by Crippen LogP contribution is 2.22. The van der Waals surface area contributed by atoms with Crippen molar-refractivity contribution in [3.05, 3.63) is 10.6 Å². The molecule has 2 rings (SSSR count). The molecule has 1 aromatic heterocycles. The molecule has 0 bridgehead atoms. The van der Waals surface area contributed by atoms with Gasteiger partial charge in [0.25, 0.3) is 0 Å². The van der Waals surface area contributed by atoms with Crippen molar-refractivity contribution in [1.29, 1.82) is 0 Å². The van der Waals surface area contributed by atoms with E-state index in [2.05, 4.69) is 29.4 Å². The Bertz CT molecular complexity index is 438. The fourth-order valence-corrected chi connectivity index (χ4v) is 2.31. The standard InChI is InChI=1S/C10H16N4OS/c1-6(2)9-12-13-10(16)14(9)7-3-4-8(15)11-5-7/h6-7H,3-5H2,1-2H3,(H,11,15)(H,13,16). The highest BCUT2D eigenvalue weighted by molar-refractivity contribution is 7.71. The van der Waals surface area contributed by atoms with Crippen LogP contribution in [0.15, 0.2) is 0 Å². The van der Waals surface area contributed by atoms with E-state index in [9.17, 15) is 4.79 Å². The number of nitrogens with zero attached hydrogens (tertiary/aromatic N) is 2. The van der Waals surface area contributed by atoms with Crippen LogP contribution in [-0.2, 0) is 4.79 Å². The number of hydrogen-bond donors (Lipinski definition) is 2. The molecular formula is C10H16N4OS. The van der Waals surface area contributed by atoms with Gasteiger partial charge in [-0.05, 0) is 18.6 Å². The van der Waals surface area contributed by atoms with Crippen molar-refractivity contribution in [1.82, 2.24) is 20.1 Å². The predicted molar refractivity (Wildman–Crippen MR) is 62.8 cm³/mol. The van der Waals surface area contributed by atoms with Gasteiger partial charge < -0.3 is 5.32 Å². The Morgan fingerprint density at radius 3 is 2.88 bits per heavy atom. The maximum atomic E-state index is 11.1. The molecular weight excluding hydrogens is 224 g/mol. The second-order valence-electron chi connectivity index (χ2n) is 4.41. The summed E-state index contributed by atoms with van der Waals surface area (Å²) in [5.41, 5.74) is 0. The van der Waals surface area contributed by atoms with Crippen LogP contribution in [0.3, 0.4) is 0 Å². The number of amides is 1. The van der Waals surface area contributed by atoms with Gasteiger partial charge in [0, 0.05) is 18.9 Å². The van der Waals surface area contributed by atoms with Gasteiger partial charge in [-0.3, -0.25) is 14.5 Å². The molecule has 1 saturated heterocycles. The van der Waals surface area contributed by atoms with Gasteiger partial charge in [-0.2, -0.15) is 5.10 Å². The number of piperidine rings is 1. The zero-order valence-electron chi connectivity index (χ0n) is 9.49. The number of aromatic amines is 1. The summed E-state index contributed by atoms with van der Waals surface area (Å²) in [6.45, 7) is 4.82. The van der Waals surface area contributed by atoms with Crippen LogP contribution in [0.4, 0.5) is 0 Å². The minimum absolute atomic E-state index is 0.123. The Morgan fingerprint density at radius 2 is 2.31 bits per heavy atom. The van der Waals surface area contributed by atoms with E-state index >= 15 is 0 Å². The Labute approximate surface area is 99.2 Å². The summed E-state index contributed by atoms with van der Waals surface area (Å²) in [5.74, 6) is 1.41. The number of hydrogen-bond acceptors (Lipinski definition) is 3. The summed E-state index contributed by atoms with van der Waals surface area (Å²) in [5, 5.41) is 9.94. The van der Waals surface area contributed by atoms with Crippen molar-refractivity contribution in [3.8, 4) is 0 Å². The van der Waals surface area contributed by atoms with Gasteiger partial charge in [-0.15, -0.1) is 0 Å². The lowest BCUT2D eigenvalue weighted by molar-refractivity contribution is -0.122. The van der Waals surface area contributed by atoms with E-state index in [1.807, 2.05) is 4.57 Å². The smallest absolute Gasteiger partial charge is 0.220 e. The maximum Gasteiger partial charge on any atom is 0.220 e. The van der Waals surface area contributed by atoms with Gasteiger partial charge in [0.1, 0.15) is 5.82 Å². The molecule has 1 unspecified atom stereocenters. The van der Waals surface area contributed by atoms with Crippen LogP contribution in [0.25, 0.3) is 0 Å². The van der Waals surface area contributed by atoms with E-state index in [0.717, 1.165) is 12.2 Å². The molecule has 0 radical (unpaired) electrons. The molecule has 6 heteroatoms. The number of carbonyl (C=O) groups is 1. The van der Waals surface area contributed by atoms with Gasteiger partial charge in [-0.25, -0.2) is 0 Å². The minimum Gasteiger partial charge on any atom is -0.354 e. The lowest BCUT2D eigenvalue weighted by Gasteiger charge is -2.25. The lowest BCUT2D eigenvalue weighted by Crippen LogP contribution is -2.36. The molecule has 0 aliphatic carbocycles. The van der Waals surface area contributed by atoms with Crippen molar-refractivity contribution in [2.24, 2.45) is 0 Å². The highest BCUT2D eigenvalue weighted by Gasteiger charge is 2.23. The van der Waals surface area contributed by atoms with Crippen LogP contribution in [0.5, 0.6) is 0 Å². The Morgan fingerprint density at radius 1 is 1.56 bits per heavy atom. The van der Waals surface area contributed by atoms with Crippen molar-refractivity contribution in [3.63, 3.8) is 0 Å². The first kappa shape index (κ1) is 11.3. The van der Waals surface area contributed by atoms with Gasteiger partial charge in [0.15, 0.2) is 4.77 Å². The Hall–Kier alpha value is -1.17. The summed E-state index contributed by atoms with van der Waals surface area (Å²) in [6, 6.07) is 0.237. The molecule has 88 valence electrons. The molecule has 0 aromatic carbocycles. The van der Waals surface area contributed by atoms with Gasteiger partial charge >= 0.3 is 0 Å². The number of rotatable bonds is 2. The molecule has 16 heavy (non-hydrogen) atoms. The number of aromatic nitrogens is 3. The first-order chi connectivity index (χ1) is 7.59. The zero-order chi connectivity index (χ0) is 11.7. The van der Waals surface area contributed by atoms with Crippen LogP contribution < -0.4 is 5.32 Å². The van der Waals surface area contributed by atoms with Crippen molar-refractivity contribution in [2.75, 3.05) is 6.54 Å². The third-order valence-corrected chi connectivity index (χ3v) is 3.14. The van der Waals surface area contributed by atoms with Crippen LogP contribution in [-0.4, -0.2) is 27.2 Å². The fraction of sp³-hybridized carbons (Fsp3) is 0.700. The number of carbonyl (C=O) groups excluding carboxylic acids is 1. The topological polar surface area (TPSA) is 62.7 Å². The molecule has 2 heterocycles. The normalized spacial score (nSPS) is 21.2. The largest absolute Gasteiger partial charge is 0.354 e. The molecule has 2 N–H and O–H groups in total. The molecule has 0 saturated carbocycles. The fourth-order valence-electron chi connectivity index (χ4n) is 2.02. The van der Waals surface area contributed by atoms with E-state index in [0.29, 0.717) is 23.7 Å². The van der Waals surface area contributed by atoms with E-state index < -0.39 is 0 Å². The molecule has 1 fully saturated rings. The SMILES string of the molecule is CC(C)c1n[nH]c(=S)n1C1CCC(=O)NC1. The molecule has 5 nitrogen and oxygen atoms in total. The van der Waals surface area contributed by atoms with Crippen LogP contribution in [0.1, 0.15) is 44.5 Å². The van der Waals surface area contributed by atoms with E-state index in [1.165, 1.54) is 0 Å². The lowest BCUT2D eigenvalue weighted by atomic mass is 10.1.